The molecule has 1 saturated heterocycles. The third kappa shape index (κ3) is 4.18. The van der Waals surface area contributed by atoms with Crippen LogP contribution in [0.25, 0.3) is 6.08 Å². The summed E-state index contributed by atoms with van der Waals surface area (Å²) in [6, 6.07) is 7.91. The third-order valence-electron chi connectivity index (χ3n) is 3.63. The highest BCUT2D eigenvalue weighted by atomic mass is 79.9. The van der Waals surface area contributed by atoms with E-state index in [0.29, 0.717) is 5.92 Å². The molecule has 0 spiro atoms. The van der Waals surface area contributed by atoms with Crippen LogP contribution in [-0.4, -0.2) is 37.5 Å². The van der Waals surface area contributed by atoms with Crippen molar-refractivity contribution in [2.75, 3.05) is 26.7 Å². The normalized spacial score (nSPS) is 19.5. The number of hydrogen-bond acceptors (Lipinski definition) is 2. The van der Waals surface area contributed by atoms with Crippen LogP contribution in [-0.2, 0) is 4.79 Å². The minimum Gasteiger partial charge on any atom is -0.339 e. The first kappa shape index (κ1) is 15.3. The molecular weight excluding hydrogens is 316 g/mol. The fourth-order valence-corrected chi connectivity index (χ4v) is 3.01. The van der Waals surface area contributed by atoms with Gasteiger partial charge in [-0.25, -0.2) is 0 Å². The molecule has 1 N–H and O–H groups in total. The molecule has 1 atom stereocenters. The highest BCUT2D eigenvalue weighted by Gasteiger charge is 2.21. The first-order chi connectivity index (χ1) is 9.70. The van der Waals surface area contributed by atoms with Gasteiger partial charge in [-0.1, -0.05) is 34.1 Å². The molecule has 1 aromatic carbocycles. The molecule has 0 radical (unpaired) electrons. The molecule has 0 saturated carbocycles. The number of rotatable bonds is 4. The monoisotopic (exact) mass is 336 g/mol. The number of carbonyl (C=O) groups is 1. The number of nitrogens with one attached hydrogen (secondary N) is 1. The second kappa shape index (κ2) is 7.60. The summed E-state index contributed by atoms with van der Waals surface area (Å²) >= 11 is 3.49. The van der Waals surface area contributed by atoms with Crippen LogP contribution < -0.4 is 5.32 Å². The number of carbonyl (C=O) groups excluding carboxylic acids is 1. The summed E-state index contributed by atoms with van der Waals surface area (Å²) < 4.78 is 1.01. The van der Waals surface area contributed by atoms with Crippen molar-refractivity contribution in [2.45, 2.75) is 12.8 Å². The molecule has 3 nitrogen and oxygen atoms in total. The van der Waals surface area contributed by atoms with Crippen LogP contribution in [0.5, 0.6) is 0 Å². The fourth-order valence-electron chi connectivity index (χ4n) is 2.60. The van der Waals surface area contributed by atoms with Crippen LogP contribution in [0, 0.1) is 5.92 Å². The molecule has 1 heterocycles. The molecular formula is C16H21BrN2O. The van der Waals surface area contributed by atoms with Crippen molar-refractivity contribution in [1.82, 2.24) is 10.2 Å². The summed E-state index contributed by atoms with van der Waals surface area (Å²) in [5, 5.41) is 3.20. The summed E-state index contributed by atoms with van der Waals surface area (Å²) in [5.41, 5.74) is 1.03. The molecule has 0 aliphatic carbocycles. The Morgan fingerprint density at radius 1 is 1.50 bits per heavy atom. The second-order valence-electron chi connectivity index (χ2n) is 5.21. The first-order valence-corrected chi connectivity index (χ1v) is 7.86. The van der Waals surface area contributed by atoms with E-state index in [0.717, 1.165) is 36.1 Å². The molecule has 20 heavy (non-hydrogen) atoms. The van der Waals surface area contributed by atoms with Crippen molar-refractivity contribution in [3.63, 3.8) is 0 Å². The summed E-state index contributed by atoms with van der Waals surface area (Å²) in [4.78, 5) is 14.2. The average Bonchev–Trinajstić information content (AvgIpc) is 2.47. The standard InChI is InChI=1S/C16H21BrN2O/c1-18-11-13-5-4-10-19(12-13)16(20)9-8-14-6-2-3-7-15(14)17/h2-3,6-9,13,18H,4-5,10-12H2,1H3/b9-8+. The van der Waals surface area contributed by atoms with E-state index in [2.05, 4.69) is 21.2 Å². The maximum absolute atomic E-state index is 12.2. The van der Waals surface area contributed by atoms with Crippen molar-refractivity contribution >= 4 is 27.9 Å². The van der Waals surface area contributed by atoms with Gasteiger partial charge in [-0.2, -0.15) is 0 Å². The van der Waals surface area contributed by atoms with Crippen molar-refractivity contribution < 1.29 is 4.79 Å². The number of benzene rings is 1. The van der Waals surface area contributed by atoms with Gasteiger partial charge in [0.25, 0.3) is 0 Å². The van der Waals surface area contributed by atoms with Crippen molar-refractivity contribution in [3.8, 4) is 0 Å². The molecule has 0 aromatic heterocycles. The Kier molecular flexibility index (Phi) is 5.80. The number of piperidine rings is 1. The first-order valence-electron chi connectivity index (χ1n) is 7.07. The Labute approximate surface area is 129 Å². The molecule has 1 unspecified atom stereocenters. The zero-order chi connectivity index (χ0) is 14.4. The van der Waals surface area contributed by atoms with Gasteiger partial charge in [-0.3, -0.25) is 4.79 Å². The van der Waals surface area contributed by atoms with Crippen LogP contribution in [0.2, 0.25) is 0 Å². The highest BCUT2D eigenvalue weighted by Crippen LogP contribution is 2.19. The number of amides is 1. The van der Waals surface area contributed by atoms with E-state index >= 15 is 0 Å². The lowest BCUT2D eigenvalue weighted by atomic mass is 9.98. The minimum absolute atomic E-state index is 0.113. The maximum atomic E-state index is 12.2. The molecule has 1 amide bonds. The average molecular weight is 337 g/mol. The van der Waals surface area contributed by atoms with Crippen LogP contribution in [0.3, 0.4) is 0 Å². The topological polar surface area (TPSA) is 32.3 Å². The molecule has 1 aliphatic heterocycles. The van der Waals surface area contributed by atoms with Gasteiger partial charge < -0.3 is 10.2 Å². The molecule has 0 bridgehead atoms. The lowest BCUT2D eigenvalue weighted by molar-refractivity contribution is -0.127. The largest absolute Gasteiger partial charge is 0.339 e. The predicted octanol–water partition coefficient (Wildman–Crippen LogP) is 2.92. The molecule has 1 fully saturated rings. The number of nitrogens with zero attached hydrogens (tertiary/aromatic N) is 1. The predicted molar refractivity (Wildman–Crippen MR) is 86.4 cm³/mol. The lowest BCUT2D eigenvalue weighted by Gasteiger charge is -2.32. The van der Waals surface area contributed by atoms with E-state index in [4.69, 9.17) is 0 Å². The quantitative estimate of drug-likeness (QED) is 0.857. The van der Waals surface area contributed by atoms with Crippen molar-refractivity contribution in [3.05, 3.63) is 40.4 Å². The van der Waals surface area contributed by atoms with E-state index in [1.165, 1.54) is 6.42 Å². The Hall–Kier alpha value is -1.13. The molecule has 2 rings (SSSR count). The Balaban J connectivity index is 1.96. The summed E-state index contributed by atoms with van der Waals surface area (Å²) in [6.07, 6.45) is 5.87. The van der Waals surface area contributed by atoms with Crippen molar-refractivity contribution in [2.24, 2.45) is 5.92 Å². The van der Waals surface area contributed by atoms with Gasteiger partial charge in [0.05, 0.1) is 0 Å². The summed E-state index contributed by atoms with van der Waals surface area (Å²) in [7, 11) is 1.97. The smallest absolute Gasteiger partial charge is 0.246 e. The van der Waals surface area contributed by atoms with Gasteiger partial charge in [-0.05, 0) is 50.1 Å². The molecule has 4 heteroatoms. The lowest BCUT2D eigenvalue weighted by Crippen LogP contribution is -2.41. The van der Waals surface area contributed by atoms with Gasteiger partial charge in [0.15, 0.2) is 0 Å². The van der Waals surface area contributed by atoms with Gasteiger partial charge >= 0.3 is 0 Å². The van der Waals surface area contributed by atoms with Crippen LogP contribution in [0.15, 0.2) is 34.8 Å². The SMILES string of the molecule is CNCC1CCCN(C(=O)/C=C/c2ccccc2Br)C1. The van der Waals surface area contributed by atoms with Crippen LogP contribution >= 0.6 is 15.9 Å². The third-order valence-corrected chi connectivity index (χ3v) is 4.36. The Morgan fingerprint density at radius 2 is 2.30 bits per heavy atom. The zero-order valence-electron chi connectivity index (χ0n) is 11.8. The van der Waals surface area contributed by atoms with E-state index in [-0.39, 0.29) is 5.91 Å². The Bertz CT molecular complexity index is 485. The zero-order valence-corrected chi connectivity index (χ0v) is 13.4. The van der Waals surface area contributed by atoms with Crippen LogP contribution in [0.4, 0.5) is 0 Å². The number of hydrogen-bond donors (Lipinski definition) is 1. The van der Waals surface area contributed by atoms with Gasteiger partial charge in [0.2, 0.25) is 5.91 Å². The fraction of sp³-hybridized carbons (Fsp3) is 0.438. The minimum atomic E-state index is 0.113. The van der Waals surface area contributed by atoms with Crippen LogP contribution in [0.1, 0.15) is 18.4 Å². The van der Waals surface area contributed by atoms with E-state index in [1.807, 2.05) is 42.3 Å². The van der Waals surface area contributed by atoms with Gasteiger partial charge in [0.1, 0.15) is 0 Å². The molecule has 1 aliphatic rings. The van der Waals surface area contributed by atoms with Crippen molar-refractivity contribution in [1.29, 1.82) is 0 Å². The van der Waals surface area contributed by atoms with E-state index in [1.54, 1.807) is 6.08 Å². The van der Waals surface area contributed by atoms with Gasteiger partial charge in [0, 0.05) is 23.6 Å². The van der Waals surface area contributed by atoms with Gasteiger partial charge in [-0.15, -0.1) is 0 Å². The maximum Gasteiger partial charge on any atom is 0.246 e. The summed E-state index contributed by atoms with van der Waals surface area (Å²) in [6.45, 7) is 2.72. The molecule has 1 aromatic rings. The number of likely N-dealkylation sites (tertiary alicyclic amines) is 1. The van der Waals surface area contributed by atoms with E-state index < -0.39 is 0 Å². The Morgan fingerprint density at radius 3 is 3.05 bits per heavy atom. The second-order valence-corrected chi connectivity index (χ2v) is 6.06. The number of halogens is 1. The highest BCUT2D eigenvalue weighted by molar-refractivity contribution is 9.10. The van der Waals surface area contributed by atoms with E-state index in [9.17, 15) is 4.79 Å². The summed E-state index contributed by atoms with van der Waals surface area (Å²) in [5.74, 6) is 0.691. The molecule has 108 valence electrons.